The summed E-state index contributed by atoms with van der Waals surface area (Å²) >= 11 is 0. The molecule has 2 aliphatic rings. The van der Waals surface area contributed by atoms with E-state index < -0.39 is 0 Å². The molecule has 1 fully saturated rings. The number of anilines is 1. The molecule has 3 aromatic rings. The van der Waals surface area contributed by atoms with Crippen LogP contribution in [0.15, 0.2) is 48.5 Å². The summed E-state index contributed by atoms with van der Waals surface area (Å²) in [7, 11) is 0. The highest BCUT2D eigenvalue weighted by Gasteiger charge is 2.29. The highest BCUT2D eigenvalue weighted by Crippen LogP contribution is 2.29. The fourth-order valence-corrected chi connectivity index (χ4v) is 4.21. The summed E-state index contributed by atoms with van der Waals surface area (Å²) in [6.07, 6.45) is 2.15. The predicted molar refractivity (Wildman–Crippen MR) is 117 cm³/mol. The van der Waals surface area contributed by atoms with E-state index in [0.717, 1.165) is 18.4 Å². The third kappa shape index (κ3) is 4.42. The molecule has 2 aromatic carbocycles. The van der Waals surface area contributed by atoms with E-state index in [0.29, 0.717) is 43.5 Å². The molecular formula is C24H25FN4O3. The second kappa shape index (κ2) is 9.18. The molecule has 0 saturated carbocycles. The van der Waals surface area contributed by atoms with Crippen molar-refractivity contribution in [2.75, 3.05) is 24.7 Å². The molecule has 1 saturated heterocycles. The molecular weight excluding hydrogens is 411 g/mol. The maximum Gasteiger partial charge on any atom is 0.322 e. The van der Waals surface area contributed by atoms with Gasteiger partial charge in [-0.15, -0.1) is 0 Å². The second-order valence-corrected chi connectivity index (χ2v) is 8.12. The normalized spacial score (nSPS) is 18.9. The van der Waals surface area contributed by atoms with E-state index in [1.807, 2.05) is 17.0 Å². The zero-order chi connectivity index (χ0) is 21.9. The van der Waals surface area contributed by atoms with Gasteiger partial charge in [-0.3, -0.25) is 0 Å². The molecule has 3 heterocycles. The molecule has 0 amide bonds. The van der Waals surface area contributed by atoms with E-state index in [4.69, 9.17) is 9.47 Å². The molecule has 2 aliphatic heterocycles. The van der Waals surface area contributed by atoms with Crippen LogP contribution in [0, 0.1) is 5.82 Å². The van der Waals surface area contributed by atoms with Crippen LogP contribution in [0.1, 0.15) is 24.0 Å². The molecule has 0 radical (unpaired) electrons. The van der Waals surface area contributed by atoms with Gasteiger partial charge in [0.15, 0.2) is 5.82 Å². The Morgan fingerprint density at radius 3 is 2.62 bits per heavy atom. The van der Waals surface area contributed by atoms with Crippen molar-refractivity contribution in [1.29, 1.82) is 0 Å². The fourth-order valence-electron chi connectivity index (χ4n) is 4.21. The van der Waals surface area contributed by atoms with Gasteiger partial charge in [-0.25, -0.2) is 4.39 Å². The molecule has 166 valence electrons. The van der Waals surface area contributed by atoms with Gasteiger partial charge in [0.05, 0.1) is 25.9 Å². The first-order valence-electron chi connectivity index (χ1n) is 10.9. The Labute approximate surface area is 185 Å². The molecule has 8 heteroatoms. The lowest BCUT2D eigenvalue weighted by Crippen LogP contribution is -2.44. The maximum absolute atomic E-state index is 13.9. The SMILES string of the molecule is OC[C@H]1Cc2ccccc2CN1c1nc(OC2CCOCC2)nc(-c2cccc(F)c2)n1. The molecule has 0 unspecified atom stereocenters. The minimum Gasteiger partial charge on any atom is -0.460 e. The first-order valence-corrected chi connectivity index (χ1v) is 10.9. The third-order valence-corrected chi connectivity index (χ3v) is 5.95. The number of halogens is 1. The van der Waals surface area contributed by atoms with Crippen molar-refractivity contribution in [3.05, 3.63) is 65.5 Å². The molecule has 7 nitrogen and oxygen atoms in total. The number of aromatic nitrogens is 3. The van der Waals surface area contributed by atoms with Crippen LogP contribution in [0.4, 0.5) is 10.3 Å². The number of hydrogen-bond acceptors (Lipinski definition) is 7. The Morgan fingerprint density at radius 1 is 1.03 bits per heavy atom. The zero-order valence-electron chi connectivity index (χ0n) is 17.7. The van der Waals surface area contributed by atoms with Crippen LogP contribution >= 0.6 is 0 Å². The number of aliphatic hydroxyl groups is 1. The zero-order valence-corrected chi connectivity index (χ0v) is 17.7. The van der Waals surface area contributed by atoms with E-state index >= 15 is 0 Å². The Hall–Kier alpha value is -3.10. The van der Waals surface area contributed by atoms with Crippen molar-refractivity contribution in [3.63, 3.8) is 0 Å². The largest absolute Gasteiger partial charge is 0.460 e. The topological polar surface area (TPSA) is 80.6 Å². The summed E-state index contributed by atoms with van der Waals surface area (Å²) in [5.74, 6) is 0.387. The quantitative estimate of drug-likeness (QED) is 0.658. The number of ether oxygens (including phenoxy) is 2. The molecule has 0 spiro atoms. The Kier molecular flexibility index (Phi) is 5.96. The monoisotopic (exact) mass is 436 g/mol. The average molecular weight is 436 g/mol. The summed E-state index contributed by atoms with van der Waals surface area (Å²) in [5, 5.41) is 10.1. The molecule has 32 heavy (non-hydrogen) atoms. The maximum atomic E-state index is 13.9. The lowest BCUT2D eigenvalue weighted by molar-refractivity contribution is 0.0217. The van der Waals surface area contributed by atoms with Crippen LogP contribution in [0.5, 0.6) is 6.01 Å². The summed E-state index contributed by atoms with van der Waals surface area (Å²) in [6, 6.07) is 14.4. The van der Waals surface area contributed by atoms with Crippen LogP contribution in [0.3, 0.4) is 0 Å². The molecule has 0 bridgehead atoms. The lowest BCUT2D eigenvalue weighted by atomic mass is 9.94. The van der Waals surface area contributed by atoms with Crippen molar-refractivity contribution in [3.8, 4) is 17.4 Å². The molecule has 1 atom stereocenters. The van der Waals surface area contributed by atoms with E-state index in [9.17, 15) is 9.50 Å². The Balaban J connectivity index is 1.54. The van der Waals surface area contributed by atoms with Crippen LogP contribution in [0.25, 0.3) is 11.4 Å². The Bertz CT molecular complexity index is 1090. The number of rotatable bonds is 5. The second-order valence-electron chi connectivity index (χ2n) is 8.12. The number of nitrogens with zero attached hydrogens (tertiary/aromatic N) is 4. The van der Waals surface area contributed by atoms with Gasteiger partial charge in [0.1, 0.15) is 11.9 Å². The summed E-state index contributed by atoms with van der Waals surface area (Å²) in [4.78, 5) is 15.7. The van der Waals surface area contributed by atoms with Gasteiger partial charge in [-0.1, -0.05) is 36.4 Å². The highest BCUT2D eigenvalue weighted by atomic mass is 19.1. The van der Waals surface area contributed by atoms with Crippen LogP contribution < -0.4 is 9.64 Å². The van der Waals surface area contributed by atoms with E-state index in [1.54, 1.807) is 12.1 Å². The summed E-state index contributed by atoms with van der Waals surface area (Å²) < 4.78 is 25.4. The average Bonchev–Trinajstić information content (AvgIpc) is 2.83. The number of fused-ring (bicyclic) bond motifs is 1. The molecule has 1 N–H and O–H groups in total. The summed E-state index contributed by atoms with van der Waals surface area (Å²) in [5.41, 5.74) is 2.92. The fraction of sp³-hybridized carbons (Fsp3) is 0.375. The van der Waals surface area contributed by atoms with Crippen molar-refractivity contribution < 1.29 is 19.0 Å². The van der Waals surface area contributed by atoms with E-state index in [-0.39, 0.29) is 30.6 Å². The van der Waals surface area contributed by atoms with Crippen molar-refractivity contribution in [1.82, 2.24) is 15.0 Å². The van der Waals surface area contributed by atoms with Crippen LogP contribution in [0.2, 0.25) is 0 Å². The molecule has 1 aromatic heterocycles. The molecule has 5 rings (SSSR count). The number of benzene rings is 2. The van der Waals surface area contributed by atoms with Crippen LogP contribution in [-0.4, -0.2) is 52.0 Å². The van der Waals surface area contributed by atoms with Crippen molar-refractivity contribution in [2.45, 2.75) is 38.0 Å². The van der Waals surface area contributed by atoms with Crippen molar-refractivity contribution >= 4 is 5.95 Å². The molecule has 0 aliphatic carbocycles. The van der Waals surface area contributed by atoms with E-state index in [1.165, 1.54) is 17.7 Å². The van der Waals surface area contributed by atoms with Gasteiger partial charge in [0, 0.05) is 24.9 Å². The third-order valence-electron chi connectivity index (χ3n) is 5.95. The highest BCUT2D eigenvalue weighted by molar-refractivity contribution is 5.57. The number of hydrogen-bond donors (Lipinski definition) is 1. The minimum absolute atomic E-state index is 0.0362. The first kappa shape index (κ1) is 20.8. The smallest absolute Gasteiger partial charge is 0.322 e. The van der Waals surface area contributed by atoms with E-state index in [2.05, 4.69) is 27.1 Å². The summed E-state index contributed by atoms with van der Waals surface area (Å²) in [6.45, 7) is 1.79. The Morgan fingerprint density at radius 2 is 1.84 bits per heavy atom. The number of aliphatic hydroxyl groups excluding tert-OH is 1. The standard InChI is InChI=1S/C24H25FN4O3/c25-19-7-3-6-17(12-19)22-26-23(28-24(27-22)32-21-8-10-31-11-9-21)29-14-18-5-2-1-4-16(18)13-20(29)15-30/h1-7,12,20-21,30H,8-11,13-15H2/t20-/m1/s1. The minimum atomic E-state index is -0.364. The van der Waals surface area contributed by atoms with Gasteiger partial charge in [-0.05, 0) is 29.7 Å². The van der Waals surface area contributed by atoms with Gasteiger partial charge in [0.25, 0.3) is 0 Å². The van der Waals surface area contributed by atoms with Crippen molar-refractivity contribution in [2.24, 2.45) is 0 Å². The van der Waals surface area contributed by atoms with Gasteiger partial charge < -0.3 is 19.5 Å². The van der Waals surface area contributed by atoms with Gasteiger partial charge >= 0.3 is 6.01 Å². The van der Waals surface area contributed by atoms with Crippen LogP contribution in [-0.2, 0) is 17.7 Å². The lowest BCUT2D eigenvalue weighted by Gasteiger charge is -2.36. The van der Waals surface area contributed by atoms with Gasteiger partial charge in [-0.2, -0.15) is 15.0 Å². The predicted octanol–water partition coefficient (Wildman–Crippen LogP) is 3.16. The first-order chi connectivity index (χ1) is 15.7. The van der Waals surface area contributed by atoms with Gasteiger partial charge in [0.2, 0.25) is 5.95 Å².